The summed E-state index contributed by atoms with van der Waals surface area (Å²) in [7, 11) is 0. The molecule has 4 N–H and O–H groups in total. The number of aromatic amines is 1. The van der Waals surface area contributed by atoms with E-state index < -0.39 is 23.8 Å². The van der Waals surface area contributed by atoms with Gasteiger partial charge in [0.1, 0.15) is 29.0 Å². The van der Waals surface area contributed by atoms with Gasteiger partial charge >= 0.3 is 11.9 Å². The van der Waals surface area contributed by atoms with E-state index in [-0.39, 0.29) is 5.43 Å². The number of anilines is 1. The number of benzene rings is 2. The quantitative estimate of drug-likeness (QED) is 0.256. The molecule has 11 nitrogen and oxygen atoms in total. The van der Waals surface area contributed by atoms with Crippen LogP contribution in [0.3, 0.4) is 0 Å². The summed E-state index contributed by atoms with van der Waals surface area (Å²) < 4.78 is 20.3. The highest BCUT2D eigenvalue weighted by Gasteiger charge is 2.24. The number of aliphatic carboxylic acids is 2. The van der Waals surface area contributed by atoms with Crippen LogP contribution in [0.5, 0.6) is 0 Å². The Morgan fingerprint density at radius 1 is 1.08 bits per heavy atom. The summed E-state index contributed by atoms with van der Waals surface area (Å²) in [5.41, 5.74) is 2.22. The van der Waals surface area contributed by atoms with Gasteiger partial charge < -0.3 is 24.9 Å². The minimum Gasteiger partial charge on any atom is -0.473 e. The fourth-order valence-electron chi connectivity index (χ4n) is 3.71. The first-order valence-corrected chi connectivity index (χ1v) is 11.0. The van der Waals surface area contributed by atoms with Gasteiger partial charge in [0.2, 0.25) is 5.43 Å². The monoisotopic (exact) mass is 505 g/mol. The van der Waals surface area contributed by atoms with E-state index in [4.69, 9.17) is 24.2 Å². The summed E-state index contributed by atoms with van der Waals surface area (Å²) in [5.74, 6) is -3.12. The summed E-state index contributed by atoms with van der Waals surface area (Å²) in [5, 5.41) is 18.6. The number of carbonyl (C=O) groups is 2. The van der Waals surface area contributed by atoms with Gasteiger partial charge in [-0.05, 0) is 36.2 Å². The third kappa shape index (κ3) is 5.27. The van der Waals surface area contributed by atoms with E-state index in [1.165, 1.54) is 18.5 Å². The van der Waals surface area contributed by atoms with Crippen molar-refractivity contribution in [1.29, 1.82) is 0 Å². The number of rotatable bonds is 5. The van der Waals surface area contributed by atoms with Crippen LogP contribution in [0, 0.1) is 5.82 Å². The van der Waals surface area contributed by atoms with Crippen LogP contribution >= 0.6 is 0 Å². The molecule has 2 aromatic carbocycles. The Kier molecular flexibility index (Phi) is 7.19. The van der Waals surface area contributed by atoms with E-state index in [2.05, 4.69) is 25.3 Å². The number of nitrogens with zero attached hydrogens (tertiary/aromatic N) is 3. The zero-order chi connectivity index (χ0) is 26.5. The third-order valence-electron chi connectivity index (χ3n) is 5.38. The van der Waals surface area contributed by atoms with Crippen molar-refractivity contribution in [3.05, 3.63) is 83.0 Å². The molecule has 0 radical (unpaired) electrons. The topological polar surface area (TPSA) is 171 Å². The number of nitrogens with one attached hydrogen (secondary N) is 2. The van der Waals surface area contributed by atoms with Crippen molar-refractivity contribution >= 4 is 39.9 Å². The zero-order valence-electron chi connectivity index (χ0n) is 19.3. The van der Waals surface area contributed by atoms with Gasteiger partial charge in [-0.25, -0.2) is 28.9 Å². The largest absolute Gasteiger partial charge is 0.473 e. The highest BCUT2D eigenvalue weighted by Crippen LogP contribution is 2.33. The lowest BCUT2D eigenvalue weighted by Crippen LogP contribution is -2.17. The van der Waals surface area contributed by atoms with Crippen LogP contribution in [-0.4, -0.2) is 42.1 Å². The lowest BCUT2D eigenvalue weighted by molar-refractivity contribution is -0.159. The van der Waals surface area contributed by atoms with E-state index >= 15 is 0 Å². The van der Waals surface area contributed by atoms with Gasteiger partial charge in [0, 0.05) is 0 Å². The van der Waals surface area contributed by atoms with Crippen molar-refractivity contribution in [2.45, 2.75) is 19.4 Å². The Bertz CT molecular complexity index is 1650. The van der Waals surface area contributed by atoms with Gasteiger partial charge in [0.05, 0.1) is 23.3 Å². The maximum Gasteiger partial charge on any atom is 0.414 e. The van der Waals surface area contributed by atoms with E-state index in [1.807, 2.05) is 13.0 Å². The van der Waals surface area contributed by atoms with Crippen molar-refractivity contribution in [3.63, 3.8) is 0 Å². The number of aromatic nitrogens is 4. The number of fused-ring (bicyclic) bond motifs is 2. The lowest BCUT2D eigenvalue weighted by Gasteiger charge is -2.20. The van der Waals surface area contributed by atoms with Crippen LogP contribution in [0.15, 0.2) is 70.4 Å². The van der Waals surface area contributed by atoms with Crippen LogP contribution in [0.2, 0.25) is 0 Å². The maximum atomic E-state index is 14.0. The maximum absolute atomic E-state index is 14.0. The molecule has 1 atom stereocenters. The molecule has 12 heteroatoms. The van der Waals surface area contributed by atoms with E-state index in [9.17, 15) is 9.18 Å². The number of imidazole rings is 1. The predicted octanol–water partition coefficient (Wildman–Crippen LogP) is 3.98. The summed E-state index contributed by atoms with van der Waals surface area (Å²) in [6.45, 7) is 1.97. The fraction of sp³-hybridized carbons (Fsp3) is 0.120. The molecule has 0 aliphatic heterocycles. The number of carboxylic acids is 2. The van der Waals surface area contributed by atoms with Crippen LogP contribution in [0.1, 0.15) is 25.1 Å². The summed E-state index contributed by atoms with van der Waals surface area (Å²) >= 11 is 0. The molecule has 3 aromatic heterocycles. The molecular weight excluding hydrogens is 485 g/mol. The van der Waals surface area contributed by atoms with Gasteiger partial charge in [0.15, 0.2) is 11.5 Å². The Balaban J connectivity index is 0.000000480. The van der Waals surface area contributed by atoms with Gasteiger partial charge in [-0.3, -0.25) is 4.79 Å². The number of H-pyrrole nitrogens is 1. The molecule has 0 bridgehead atoms. The number of hydrogen-bond donors (Lipinski definition) is 4. The normalized spacial score (nSPS) is 11.5. The van der Waals surface area contributed by atoms with Crippen molar-refractivity contribution in [3.8, 4) is 11.1 Å². The molecule has 0 amide bonds. The number of para-hydroxylation sites is 1. The highest BCUT2D eigenvalue weighted by molar-refractivity contribution is 6.27. The first kappa shape index (κ1) is 25.0. The molecule has 0 saturated heterocycles. The second-order valence-electron chi connectivity index (χ2n) is 7.72. The first-order valence-electron chi connectivity index (χ1n) is 11.0. The molecular formula is C25H20FN5O6. The van der Waals surface area contributed by atoms with Crippen molar-refractivity contribution in [1.82, 2.24) is 19.9 Å². The van der Waals surface area contributed by atoms with Gasteiger partial charge in [0.25, 0.3) is 0 Å². The average Bonchev–Trinajstić information content (AvgIpc) is 3.37. The predicted molar refractivity (Wildman–Crippen MR) is 131 cm³/mol. The standard InChI is InChI=1S/C23H18FN5O2.C2H2O4/c1-2-16(29-23-19-22(26-11-25-19)27-12-28-23)21-18(13-6-5-7-14(24)10-13)20(30)15-8-3-4-9-17(15)31-21;3-1(4)2(5)6/h3-12,16H,2H2,1H3,(H2,25,26,27,28,29);(H,3,4)(H,5,6). The summed E-state index contributed by atoms with van der Waals surface area (Å²) in [6, 6.07) is 12.6. The van der Waals surface area contributed by atoms with Crippen LogP contribution in [0.4, 0.5) is 10.2 Å². The molecule has 1 unspecified atom stereocenters. The van der Waals surface area contributed by atoms with Gasteiger partial charge in [-0.15, -0.1) is 0 Å². The Hall–Kier alpha value is -5.13. The first-order chi connectivity index (χ1) is 17.8. The molecule has 0 aliphatic rings. The third-order valence-corrected chi connectivity index (χ3v) is 5.38. The number of carboxylic acid groups (broad SMARTS) is 2. The molecule has 0 aliphatic carbocycles. The Labute approximate surface area is 207 Å². The van der Waals surface area contributed by atoms with Gasteiger partial charge in [-0.1, -0.05) is 31.2 Å². The highest BCUT2D eigenvalue weighted by atomic mass is 19.1. The van der Waals surface area contributed by atoms with Crippen LogP contribution in [0.25, 0.3) is 33.3 Å². The van der Waals surface area contributed by atoms with Crippen molar-refractivity contribution < 1.29 is 28.6 Å². The van der Waals surface area contributed by atoms with E-state index in [0.717, 1.165) is 0 Å². The second-order valence-corrected chi connectivity index (χ2v) is 7.72. The molecule has 3 heterocycles. The number of halogens is 1. The minimum atomic E-state index is -1.82. The number of hydrogen-bond acceptors (Lipinski definition) is 8. The van der Waals surface area contributed by atoms with Crippen molar-refractivity contribution in [2.75, 3.05) is 5.32 Å². The minimum absolute atomic E-state index is 0.211. The molecule has 0 saturated carbocycles. The molecule has 5 rings (SSSR count). The van der Waals surface area contributed by atoms with Crippen LogP contribution < -0.4 is 10.7 Å². The smallest absolute Gasteiger partial charge is 0.414 e. The van der Waals surface area contributed by atoms with E-state index in [0.29, 0.717) is 51.3 Å². The lowest BCUT2D eigenvalue weighted by atomic mass is 9.97. The average molecular weight is 505 g/mol. The Morgan fingerprint density at radius 3 is 2.54 bits per heavy atom. The molecule has 0 fully saturated rings. The zero-order valence-corrected chi connectivity index (χ0v) is 19.3. The SMILES string of the molecule is CCC(Nc1ncnc2nc[nH]c12)c1oc2ccccc2c(=O)c1-c1cccc(F)c1.O=C(O)C(=O)O. The van der Waals surface area contributed by atoms with Crippen LogP contribution in [-0.2, 0) is 9.59 Å². The summed E-state index contributed by atoms with van der Waals surface area (Å²) in [6.07, 6.45) is 3.55. The summed E-state index contributed by atoms with van der Waals surface area (Å²) in [4.78, 5) is 47.3. The van der Waals surface area contributed by atoms with Gasteiger partial charge in [-0.2, -0.15) is 0 Å². The Morgan fingerprint density at radius 2 is 1.84 bits per heavy atom. The molecule has 0 spiro atoms. The molecule has 188 valence electrons. The fourth-order valence-corrected chi connectivity index (χ4v) is 3.71. The van der Waals surface area contributed by atoms with Crippen molar-refractivity contribution in [2.24, 2.45) is 0 Å². The molecule has 5 aromatic rings. The molecule has 37 heavy (non-hydrogen) atoms. The second kappa shape index (κ2) is 10.6. The van der Waals surface area contributed by atoms with E-state index in [1.54, 1.807) is 36.7 Å².